The van der Waals surface area contributed by atoms with Gasteiger partial charge in [-0.05, 0) is 12.8 Å². The van der Waals surface area contributed by atoms with Crippen LogP contribution >= 0.6 is 0 Å². The number of ketones is 1. The Morgan fingerprint density at radius 2 is 2.00 bits per heavy atom. The summed E-state index contributed by atoms with van der Waals surface area (Å²) < 4.78 is 9.89. The van der Waals surface area contributed by atoms with E-state index in [2.05, 4.69) is 0 Å². The van der Waals surface area contributed by atoms with Crippen LogP contribution in [0.3, 0.4) is 0 Å². The van der Waals surface area contributed by atoms with E-state index in [1.807, 2.05) is 0 Å². The Morgan fingerprint density at radius 3 is 2.33 bits per heavy atom. The summed E-state index contributed by atoms with van der Waals surface area (Å²) in [4.78, 5) is 11.4. The van der Waals surface area contributed by atoms with Crippen molar-refractivity contribution in [2.45, 2.75) is 32.0 Å². The summed E-state index contributed by atoms with van der Waals surface area (Å²) in [6.45, 7) is 0. The monoisotopic (exact) mass is 172 g/mol. The molecule has 0 bridgehead atoms. The van der Waals surface area contributed by atoms with E-state index in [4.69, 9.17) is 9.47 Å². The first-order chi connectivity index (χ1) is 5.77. The SMILES string of the molecule is COC(CC(=O)C1CCC1)OC. The fourth-order valence-corrected chi connectivity index (χ4v) is 1.32. The van der Waals surface area contributed by atoms with Gasteiger partial charge in [0.2, 0.25) is 0 Å². The number of carbonyl (C=O) groups is 1. The molecule has 12 heavy (non-hydrogen) atoms. The predicted octanol–water partition coefficient (Wildman–Crippen LogP) is 1.36. The Hall–Kier alpha value is -0.410. The van der Waals surface area contributed by atoms with Gasteiger partial charge in [-0.25, -0.2) is 0 Å². The summed E-state index contributed by atoms with van der Waals surface area (Å²) in [7, 11) is 3.12. The molecule has 3 nitrogen and oxygen atoms in total. The van der Waals surface area contributed by atoms with Gasteiger partial charge in [-0.15, -0.1) is 0 Å². The smallest absolute Gasteiger partial charge is 0.163 e. The second kappa shape index (κ2) is 4.58. The van der Waals surface area contributed by atoms with Crippen LogP contribution in [-0.2, 0) is 14.3 Å². The Bertz CT molecular complexity index is 148. The van der Waals surface area contributed by atoms with E-state index in [0.717, 1.165) is 12.8 Å². The summed E-state index contributed by atoms with van der Waals surface area (Å²) in [5.41, 5.74) is 0. The maximum atomic E-state index is 11.4. The van der Waals surface area contributed by atoms with Crippen molar-refractivity contribution in [3.8, 4) is 0 Å². The van der Waals surface area contributed by atoms with Crippen molar-refractivity contribution in [2.75, 3.05) is 14.2 Å². The topological polar surface area (TPSA) is 35.5 Å². The van der Waals surface area contributed by atoms with Crippen molar-refractivity contribution in [3.63, 3.8) is 0 Å². The van der Waals surface area contributed by atoms with Crippen LogP contribution in [0.1, 0.15) is 25.7 Å². The van der Waals surface area contributed by atoms with Crippen molar-refractivity contribution in [3.05, 3.63) is 0 Å². The molecule has 0 atom stereocenters. The third kappa shape index (κ3) is 2.29. The molecule has 0 amide bonds. The second-order valence-electron chi connectivity index (χ2n) is 3.20. The molecule has 0 N–H and O–H groups in total. The highest BCUT2D eigenvalue weighted by atomic mass is 16.7. The van der Waals surface area contributed by atoms with Crippen LogP contribution < -0.4 is 0 Å². The summed E-state index contributed by atoms with van der Waals surface area (Å²) in [6, 6.07) is 0. The Labute approximate surface area is 73.0 Å². The van der Waals surface area contributed by atoms with Gasteiger partial charge in [0, 0.05) is 20.1 Å². The highest BCUT2D eigenvalue weighted by Gasteiger charge is 2.26. The van der Waals surface area contributed by atoms with Gasteiger partial charge >= 0.3 is 0 Å². The van der Waals surface area contributed by atoms with E-state index < -0.39 is 0 Å². The van der Waals surface area contributed by atoms with E-state index >= 15 is 0 Å². The zero-order valence-corrected chi connectivity index (χ0v) is 7.71. The van der Waals surface area contributed by atoms with Crippen molar-refractivity contribution < 1.29 is 14.3 Å². The minimum Gasteiger partial charge on any atom is -0.355 e. The molecule has 0 unspecified atom stereocenters. The maximum absolute atomic E-state index is 11.4. The van der Waals surface area contributed by atoms with Crippen molar-refractivity contribution in [2.24, 2.45) is 5.92 Å². The van der Waals surface area contributed by atoms with Crippen LogP contribution in [0.25, 0.3) is 0 Å². The van der Waals surface area contributed by atoms with E-state index in [9.17, 15) is 4.79 Å². The van der Waals surface area contributed by atoms with Gasteiger partial charge in [0.25, 0.3) is 0 Å². The molecule has 1 aliphatic rings. The number of carbonyl (C=O) groups excluding carboxylic acids is 1. The normalized spacial score (nSPS) is 17.9. The lowest BCUT2D eigenvalue weighted by atomic mass is 9.81. The molecule has 0 radical (unpaired) electrons. The molecule has 0 aromatic rings. The van der Waals surface area contributed by atoms with E-state index in [0.29, 0.717) is 6.42 Å². The summed E-state index contributed by atoms with van der Waals surface area (Å²) in [5.74, 6) is 0.577. The van der Waals surface area contributed by atoms with Crippen LogP contribution in [0, 0.1) is 5.92 Å². The third-order valence-electron chi connectivity index (χ3n) is 2.45. The largest absolute Gasteiger partial charge is 0.355 e. The van der Waals surface area contributed by atoms with Gasteiger partial charge in [0.05, 0.1) is 6.42 Å². The van der Waals surface area contributed by atoms with Crippen LogP contribution in [0.15, 0.2) is 0 Å². The van der Waals surface area contributed by atoms with Crippen LogP contribution in [0.4, 0.5) is 0 Å². The minimum atomic E-state index is -0.349. The molecular formula is C9H16O3. The third-order valence-corrected chi connectivity index (χ3v) is 2.45. The molecule has 3 heteroatoms. The van der Waals surface area contributed by atoms with Gasteiger partial charge in [-0.3, -0.25) is 4.79 Å². The number of rotatable bonds is 5. The first kappa shape index (κ1) is 9.68. The highest BCUT2D eigenvalue weighted by Crippen LogP contribution is 2.28. The Balaban J connectivity index is 2.23. The molecule has 0 aromatic carbocycles. The fraction of sp³-hybridized carbons (Fsp3) is 0.889. The lowest BCUT2D eigenvalue weighted by Crippen LogP contribution is -2.27. The van der Waals surface area contributed by atoms with Gasteiger partial charge in [-0.1, -0.05) is 6.42 Å². The quantitative estimate of drug-likeness (QED) is 0.587. The van der Waals surface area contributed by atoms with E-state index in [1.165, 1.54) is 6.42 Å². The maximum Gasteiger partial charge on any atom is 0.163 e. The van der Waals surface area contributed by atoms with Crippen LogP contribution in [-0.4, -0.2) is 26.3 Å². The summed E-state index contributed by atoms with van der Waals surface area (Å²) in [5, 5.41) is 0. The molecule has 0 aromatic heterocycles. The molecule has 70 valence electrons. The standard InChI is InChI=1S/C9H16O3/c1-11-9(12-2)6-8(10)7-4-3-5-7/h7,9H,3-6H2,1-2H3. The average Bonchev–Trinajstić information content (AvgIpc) is 1.96. The Kier molecular flexibility index (Phi) is 3.69. The van der Waals surface area contributed by atoms with Gasteiger partial charge < -0.3 is 9.47 Å². The second-order valence-corrected chi connectivity index (χ2v) is 3.20. The lowest BCUT2D eigenvalue weighted by Gasteiger charge is -2.25. The van der Waals surface area contributed by atoms with Crippen molar-refractivity contribution in [1.29, 1.82) is 0 Å². The zero-order chi connectivity index (χ0) is 8.97. The minimum absolute atomic E-state index is 0.287. The lowest BCUT2D eigenvalue weighted by molar-refractivity contribution is -0.142. The van der Waals surface area contributed by atoms with Crippen LogP contribution in [0.5, 0.6) is 0 Å². The molecule has 0 saturated heterocycles. The zero-order valence-electron chi connectivity index (χ0n) is 7.71. The number of hydrogen-bond donors (Lipinski definition) is 0. The molecular weight excluding hydrogens is 156 g/mol. The molecule has 1 aliphatic carbocycles. The first-order valence-corrected chi connectivity index (χ1v) is 4.36. The van der Waals surface area contributed by atoms with Crippen molar-refractivity contribution in [1.82, 2.24) is 0 Å². The first-order valence-electron chi connectivity index (χ1n) is 4.36. The fourth-order valence-electron chi connectivity index (χ4n) is 1.32. The summed E-state index contributed by atoms with van der Waals surface area (Å²) >= 11 is 0. The van der Waals surface area contributed by atoms with Gasteiger partial charge in [0.1, 0.15) is 5.78 Å². The molecule has 0 aliphatic heterocycles. The molecule has 1 saturated carbocycles. The molecule has 0 heterocycles. The predicted molar refractivity (Wildman–Crippen MR) is 44.8 cm³/mol. The van der Waals surface area contributed by atoms with Crippen molar-refractivity contribution >= 4 is 5.78 Å². The molecule has 1 rings (SSSR count). The average molecular weight is 172 g/mol. The highest BCUT2D eigenvalue weighted by molar-refractivity contribution is 5.81. The number of Topliss-reactive ketones (excluding diaryl/α,β-unsaturated/α-hetero) is 1. The van der Waals surface area contributed by atoms with Gasteiger partial charge in [-0.2, -0.15) is 0 Å². The van der Waals surface area contributed by atoms with Gasteiger partial charge in [0.15, 0.2) is 6.29 Å². The van der Waals surface area contributed by atoms with E-state index in [1.54, 1.807) is 14.2 Å². The van der Waals surface area contributed by atoms with Crippen LogP contribution in [0.2, 0.25) is 0 Å². The number of hydrogen-bond acceptors (Lipinski definition) is 3. The summed E-state index contributed by atoms with van der Waals surface area (Å²) in [6.07, 6.45) is 3.36. The number of methoxy groups -OCH3 is 2. The molecule has 0 spiro atoms. The molecule has 1 fully saturated rings. The Morgan fingerprint density at radius 1 is 1.42 bits per heavy atom. The number of ether oxygens (including phenoxy) is 2. The van der Waals surface area contributed by atoms with E-state index in [-0.39, 0.29) is 18.0 Å².